The van der Waals surface area contributed by atoms with Crippen molar-refractivity contribution in [3.05, 3.63) is 64.7 Å². The molecule has 0 aliphatic rings. The number of methoxy groups -OCH3 is 1. The number of aliphatic imine (C=N–C) groups is 1. The van der Waals surface area contributed by atoms with Gasteiger partial charge in [-0.3, -0.25) is 0 Å². The Morgan fingerprint density at radius 3 is 2.62 bits per heavy atom. The first-order valence-electron chi connectivity index (χ1n) is 7.57. The van der Waals surface area contributed by atoms with Crippen LogP contribution in [-0.2, 0) is 12.1 Å². The molecule has 0 aromatic heterocycles. The fourth-order valence-electron chi connectivity index (χ4n) is 2.32. The summed E-state index contributed by atoms with van der Waals surface area (Å²) in [6.07, 6.45) is 0. The third kappa shape index (κ3) is 4.63. The van der Waals surface area contributed by atoms with Crippen molar-refractivity contribution in [1.29, 1.82) is 0 Å². The number of rotatable bonds is 6. The first kappa shape index (κ1) is 18.1. The van der Waals surface area contributed by atoms with Crippen molar-refractivity contribution in [2.24, 2.45) is 10.7 Å². The third-order valence-electron chi connectivity index (χ3n) is 3.68. The number of hydrogen-bond acceptors (Lipinski definition) is 3. The number of nitrogens with two attached hydrogens (primary N) is 1. The molecule has 1 unspecified atom stereocenters. The molecule has 0 saturated carbocycles. The second-order valence-corrected chi connectivity index (χ2v) is 6.03. The summed E-state index contributed by atoms with van der Waals surface area (Å²) in [6.45, 7) is 2.25. The third-order valence-corrected chi connectivity index (χ3v) is 4.01. The van der Waals surface area contributed by atoms with Gasteiger partial charge in [0.15, 0.2) is 5.96 Å². The smallest absolute Gasteiger partial charge is 0.189 e. The molecule has 1 atom stereocenters. The maximum Gasteiger partial charge on any atom is 0.189 e. The lowest BCUT2D eigenvalue weighted by Gasteiger charge is -2.25. The van der Waals surface area contributed by atoms with Crippen LogP contribution in [-0.4, -0.2) is 24.7 Å². The largest absolute Gasteiger partial charge is 0.496 e. The molecule has 0 amide bonds. The van der Waals surface area contributed by atoms with E-state index in [2.05, 4.69) is 10.3 Å². The molecule has 0 aliphatic carbocycles. The topological polar surface area (TPSA) is 79.9 Å². The molecule has 0 bridgehead atoms. The molecule has 0 aliphatic heterocycles. The fraction of sp³-hybridized carbons (Fsp3) is 0.278. The van der Waals surface area contributed by atoms with E-state index in [1.54, 1.807) is 26.2 Å². The monoisotopic (exact) mass is 347 g/mol. The maximum atomic E-state index is 10.6. The summed E-state index contributed by atoms with van der Waals surface area (Å²) in [4.78, 5) is 4.28. The van der Waals surface area contributed by atoms with Gasteiger partial charge in [-0.25, -0.2) is 4.99 Å². The van der Waals surface area contributed by atoms with Crippen molar-refractivity contribution in [2.45, 2.75) is 19.1 Å². The molecule has 5 nitrogen and oxygen atoms in total. The second kappa shape index (κ2) is 8.04. The van der Waals surface area contributed by atoms with Gasteiger partial charge >= 0.3 is 0 Å². The van der Waals surface area contributed by atoms with Crippen LogP contribution >= 0.6 is 11.6 Å². The molecule has 6 heteroatoms. The standard InChI is InChI=1S/C18H22ClN3O2/c1-18(23,14-8-4-5-9-15(14)19)12-22-17(20)21-11-13-7-3-6-10-16(13)24-2/h3-10,23H,11-12H2,1-2H3,(H3,20,21,22). The Hall–Kier alpha value is -2.24. The summed E-state index contributed by atoms with van der Waals surface area (Å²) in [5, 5.41) is 14.0. The number of guanidine groups is 1. The summed E-state index contributed by atoms with van der Waals surface area (Å²) in [5.74, 6) is 1.00. The van der Waals surface area contributed by atoms with E-state index >= 15 is 0 Å². The predicted octanol–water partition coefficient (Wildman–Crippen LogP) is 2.66. The highest BCUT2D eigenvalue weighted by Crippen LogP contribution is 2.27. The fourth-order valence-corrected chi connectivity index (χ4v) is 2.66. The van der Waals surface area contributed by atoms with Gasteiger partial charge in [0.1, 0.15) is 11.4 Å². The summed E-state index contributed by atoms with van der Waals surface area (Å²) >= 11 is 6.14. The summed E-state index contributed by atoms with van der Waals surface area (Å²) in [6, 6.07) is 14.8. The van der Waals surface area contributed by atoms with Crippen molar-refractivity contribution in [2.75, 3.05) is 13.7 Å². The van der Waals surface area contributed by atoms with Crippen LogP contribution < -0.4 is 15.8 Å². The number of benzene rings is 2. The van der Waals surface area contributed by atoms with Crippen molar-refractivity contribution in [3.63, 3.8) is 0 Å². The quantitative estimate of drug-likeness (QED) is 0.554. The van der Waals surface area contributed by atoms with Gasteiger partial charge in [-0.05, 0) is 19.1 Å². The molecule has 0 saturated heterocycles. The van der Waals surface area contributed by atoms with E-state index in [0.717, 1.165) is 11.3 Å². The molecular formula is C18H22ClN3O2. The zero-order chi connectivity index (χ0) is 17.6. The van der Waals surface area contributed by atoms with Crippen LogP contribution in [0.1, 0.15) is 18.1 Å². The van der Waals surface area contributed by atoms with E-state index in [-0.39, 0.29) is 12.5 Å². The van der Waals surface area contributed by atoms with E-state index in [1.807, 2.05) is 36.4 Å². The minimum absolute atomic E-state index is 0.192. The summed E-state index contributed by atoms with van der Waals surface area (Å²) < 4.78 is 5.28. The first-order chi connectivity index (χ1) is 11.4. The van der Waals surface area contributed by atoms with Crippen LogP contribution in [0.3, 0.4) is 0 Å². The second-order valence-electron chi connectivity index (χ2n) is 5.62. The number of para-hydroxylation sites is 1. The van der Waals surface area contributed by atoms with Gasteiger partial charge in [0.25, 0.3) is 0 Å². The SMILES string of the molecule is COc1ccccc1CN=C(N)NCC(C)(O)c1ccccc1Cl. The normalized spacial score (nSPS) is 14.1. The van der Waals surface area contributed by atoms with Crippen LogP contribution in [0.5, 0.6) is 5.75 Å². The van der Waals surface area contributed by atoms with Gasteiger partial charge in [-0.15, -0.1) is 0 Å². The van der Waals surface area contributed by atoms with E-state index in [9.17, 15) is 5.11 Å². The number of ether oxygens (including phenoxy) is 1. The number of hydrogen-bond donors (Lipinski definition) is 3. The Morgan fingerprint density at radius 2 is 1.92 bits per heavy atom. The Kier molecular flexibility index (Phi) is 6.06. The number of aliphatic hydroxyl groups is 1. The zero-order valence-electron chi connectivity index (χ0n) is 13.8. The van der Waals surface area contributed by atoms with E-state index < -0.39 is 5.60 Å². The highest BCUT2D eigenvalue weighted by Gasteiger charge is 2.25. The lowest BCUT2D eigenvalue weighted by atomic mass is 9.96. The van der Waals surface area contributed by atoms with Gasteiger partial charge in [-0.2, -0.15) is 0 Å². The number of nitrogens with one attached hydrogen (secondary N) is 1. The molecule has 4 N–H and O–H groups in total. The average molecular weight is 348 g/mol. The molecule has 0 heterocycles. The van der Waals surface area contributed by atoms with Crippen molar-refractivity contribution in [3.8, 4) is 5.75 Å². The van der Waals surface area contributed by atoms with Crippen LogP contribution in [0.25, 0.3) is 0 Å². The van der Waals surface area contributed by atoms with Gasteiger partial charge in [0.2, 0.25) is 0 Å². The molecule has 24 heavy (non-hydrogen) atoms. The van der Waals surface area contributed by atoms with Gasteiger partial charge in [-0.1, -0.05) is 48.0 Å². The van der Waals surface area contributed by atoms with E-state index in [0.29, 0.717) is 17.1 Å². The molecule has 0 spiro atoms. The molecule has 2 aromatic carbocycles. The average Bonchev–Trinajstić information content (AvgIpc) is 2.58. The number of halogens is 1. The van der Waals surface area contributed by atoms with Crippen molar-refractivity contribution >= 4 is 17.6 Å². The van der Waals surface area contributed by atoms with E-state index in [1.165, 1.54) is 0 Å². The Labute approximate surface area is 147 Å². The summed E-state index contributed by atoms with van der Waals surface area (Å²) in [7, 11) is 1.62. The Balaban J connectivity index is 1.99. The molecule has 128 valence electrons. The van der Waals surface area contributed by atoms with Crippen molar-refractivity contribution < 1.29 is 9.84 Å². The highest BCUT2D eigenvalue weighted by molar-refractivity contribution is 6.31. The van der Waals surface area contributed by atoms with Crippen LogP contribution in [0.4, 0.5) is 0 Å². The highest BCUT2D eigenvalue weighted by atomic mass is 35.5. The maximum absolute atomic E-state index is 10.6. The zero-order valence-corrected chi connectivity index (χ0v) is 14.5. The van der Waals surface area contributed by atoms with Gasteiger partial charge in [0.05, 0.1) is 20.2 Å². The Morgan fingerprint density at radius 1 is 1.25 bits per heavy atom. The molecule has 0 radical (unpaired) electrons. The minimum atomic E-state index is -1.16. The number of nitrogens with zero attached hydrogens (tertiary/aromatic N) is 1. The molecular weight excluding hydrogens is 326 g/mol. The Bertz CT molecular complexity index is 717. The first-order valence-corrected chi connectivity index (χ1v) is 7.95. The van der Waals surface area contributed by atoms with Crippen molar-refractivity contribution in [1.82, 2.24) is 5.32 Å². The lowest BCUT2D eigenvalue weighted by molar-refractivity contribution is 0.0619. The van der Waals surface area contributed by atoms with Crippen LogP contribution in [0.15, 0.2) is 53.5 Å². The van der Waals surface area contributed by atoms with Gasteiger partial charge < -0.3 is 20.9 Å². The molecule has 0 fully saturated rings. The van der Waals surface area contributed by atoms with Crippen LogP contribution in [0.2, 0.25) is 5.02 Å². The van der Waals surface area contributed by atoms with Gasteiger partial charge in [0, 0.05) is 16.1 Å². The lowest BCUT2D eigenvalue weighted by Crippen LogP contribution is -2.42. The minimum Gasteiger partial charge on any atom is -0.496 e. The molecule has 2 rings (SSSR count). The predicted molar refractivity (Wildman–Crippen MR) is 97.3 cm³/mol. The summed E-state index contributed by atoms with van der Waals surface area (Å²) in [5.41, 5.74) is 6.30. The van der Waals surface area contributed by atoms with E-state index in [4.69, 9.17) is 22.1 Å². The van der Waals surface area contributed by atoms with Crippen LogP contribution in [0, 0.1) is 0 Å². The molecule has 2 aromatic rings.